The van der Waals surface area contributed by atoms with Gasteiger partial charge in [0.2, 0.25) is 5.91 Å². The van der Waals surface area contributed by atoms with E-state index >= 15 is 0 Å². The van der Waals surface area contributed by atoms with Gasteiger partial charge in [-0.25, -0.2) is 9.67 Å². The third-order valence-electron chi connectivity index (χ3n) is 4.10. The summed E-state index contributed by atoms with van der Waals surface area (Å²) < 4.78 is 3.26. The van der Waals surface area contributed by atoms with Crippen LogP contribution in [0.3, 0.4) is 0 Å². The summed E-state index contributed by atoms with van der Waals surface area (Å²) in [7, 11) is 0. The Kier molecular flexibility index (Phi) is 5.98. The fraction of sp³-hybridized carbons (Fsp3) is 0.667. The lowest BCUT2D eigenvalue weighted by molar-refractivity contribution is -0.131. The summed E-state index contributed by atoms with van der Waals surface area (Å²) in [6, 6.07) is 0. The Bertz CT molecular complexity index is 779. The molecule has 0 radical (unpaired) electrons. The second-order valence-electron chi connectivity index (χ2n) is 7.34. The second kappa shape index (κ2) is 7.80. The molecule has 0 aliphatic rings. The van der Waals surface area contributed by atoms with Crippen molar-refractivity contribution in [2.24, 2.45) is 0 Å². The molecule has 0 saturated heterocycles. The molecule has 0 spiro atoms. The van der Waals surface area contributed by atoms with E-state index in [1.54, 1.807) is 10.9 Å². The zero-order chi connectivity index (χ0) is 18.6. The van der Waals surface area contributed by atoms with Crippen molar-refractivity contribution in [2.45, 2.75) is 66.0 Å². The molecular formula is C18H29N5O2. The molecule has 0 atom stereocenters. The van der Waals surface area contributed by atoms with Crippen LogP contribution in [-0.4, -0.2) is 43.2 Å². The van der Waals surface area contributed by atoms with Gasteiger partial charge in [0, 0.05) is 26.1 Å². The Morgan fingerprint density at radius 2 is 1.84 bits per heavy atom. The van der Waals surface area contributed by atoms with Crippen LogP contribution in [0.4, 0.5) is 0 Å². The molecule has 7 heteroatoms. The number of carbonyl (C=O) groups excluding carboxylic acids is 1. The van der Waals surface area contributed by atoms with Gasteiger partial charge in [-0.05, 0) is 33.6 Å². The van der Waals surface area contributed by atoms with Crippen molar-refractivity contribution in [3.63, 3.8) is 0 Å². The van der Waals surface area contributed by atoms with Crippen LogP contribution in [0.2, 0.25) is 0 Å². The van der Waals surface area contributed by atoms with Gasteiger partial charge in [0.25, 0.3) is 5.56 Å². The first-order chi connectivity index (χ1) is 11.8. The molecular weight excluding hydrogens is 318 g/mol. The summed E-state index contributed by atoms with van der Waals surface area (Å²) in [6.07, 6.45) is 5.26. The Labute approximate surface area is 148 Å². The number of aromatic nitrogens is 4. The van der Waals surface area contributed by atoms with Crippen molar-refractivity contribution in [1.82, 2.24) is 24.2 Å². The lowest BCUT2D eigenvalue weighted by atomic mass is 10.1. The van der Waals surface area contributed by atoms with Crippen LogP contribution in [0, 0.1) is 0 Å². The van der Waals surface area contributed by atoms with E-state index in [0.717, 1.165) is 25.9 Å². The Morgan fingerprint density at radius 1 is 1.20 bits per heavy atom. The Morgan fingerprint density at radius 3 is 2.40 bits per heavy atom. The van der Waals surface area contributed by atoms with E-state index in [-0.39, 0.29) is 17.0 Å². The van der Waals surface area contributed by atoms with Gasteiger partial charge in [-0.1, -0.05) is 13.8 Å². The maximum absolute atomic E-state index is 12.6. The van der Waals surface area contributed by atoms with Gasteiger partial charge < -0.3 is 4.90 Å². The van der Waals surface area contributed by atoms with Gasteiger partial charge in [0.1, 0.15) is 5.39 Å². The van der Waals surface area contributed by atoms with Gasteiger partial charge >= 0.3 is 0 Å². The standard InChI is InChI=1S/C18H29N5O2/c1-6-9-21(10-7-2)15(24)8-11-22-13-19-16-14(17(22)25)12-20-23(16)18(3,4)5/h12-13H,6-11H2,1-5H3. The lowest BCUT2D eigenvalue weighted by Crippen LogP contribution is -2.34. The smallest absolute Gasteiger partial charge is 0.264 e. The van der Waals surface area contributed by atoms with Crippen molar-refractivity contribution in [3.8, 4) is 0 Å². The molecule has 138 valence electrons. The first kappa shape index (κ1) is 19.1. The van der Waals surface area contributed by atoms with Crippen molar-refractivity contribution < 1.29 is 4.79 Å². The third kappa shape index (κ3) is 4.27. The zero-order valence-corrected chi connectivity index (χ0v) is 15.9. The van der Waals surface area contributed by atoms with Gasteiger partial charge in [-0.2, -0.15) is 5.10 Å². The summed E-state index contributed by atoms with van der Waals surface area (Å²) in [5.74, 6) is 0.0843. The van der Waals surface area contributed by atoms with Crippen LogP contribution in [0.1, 0.15) is 53.9 Å². The monoisotopic (exact) mass is 347 g/mol. The number of rotatable bonds is 7. The van der Waals surface area contributed by atoms with Gasteiger partial charge in [-0.3, -0.25) is 14.2 Å². The second-order valence-corrected chi connectivity index (χ2v) is 7.34. The molecule has 0 bridgehead atoms. The third-order valence-corrected chi connectivity index (χ3v) is 4.10. The molecule has 2 aromatic rings. The fourth-order valence-electron chi connectivity index (χ4n) is 2.87. The molecule has 0 aliphatic heterocycles. The lowest BCUT2D eigenvalue weighted by Gasteiger charge is -2.21. The fourth-order valence-corrected chi connectivity index (χ4v) is 2.87. The minimum atomic E-state index is -0.246. The van der Waals surface area contributed by atoms with E-state index in [0.29, 0.717) is 24.0 Å². The highest BCUT2D eigenvalue weighted by Crippen LogP contribution is 2.17. The summed E-state index contributed by atoms with van der Waals surface area (Å²) in [5.41, 5.74) is 0.189. The predicted octanol–water partition coefficient (Wildman–Crippen LogP) is 2.39. The number of hydrogen-bond donors (Lipinski definition) is 0. The summed E-state index contributed by atoms with van der Waals surface area (Å²) in [4.78, 5) is 31.3. The highest BCUT2D eigenvalue weighted by atomic mass is 16.2. The SMILES string of the molecule is CCCN(CCC)C(=O)CCn1cnc2c(cnn2C(C)(C)C)c1=O. The molecule has 2 heterocycles. The molecule has 2 aromatic heterocycles. The molecule has 0 aromatic carbocycles. The average molecular weight is 347 g/mol. The molecule has 0 fully saturated rings. The highest BCUT2D eigenvalue weighted by Gasteiger charge is 2.20. The molecule has 0 aliphatic carbocycles. The highest BCUT2D eigenvalue weighted by molar-refractivity contribution is 5.76. The predicted molar refractivity (Wildman–Crippen MR) is 98.6 cm³/mol. The summed E-state index contributed by atoms with van der Waals surface area (Å²) in [6.45, 7) is 12.0. The summed E-state index contributed by atoms with van der Waals surface area (Å²) in [5, 5.41) is 4.80. The van der Waals surface area contributed by atoms with Crippen LogP contribution in [0.15, 0.2) is 17.3 Å². The van der Waals surface area contributed by atoms with Crippen LogP contribution in [0.5, 0.6) is 0 Å². The number of hydrogen-bond acceptors (Lipinski definition) is 4. The number of fused-ring (bicyclic) bond motifs is 1. The van der Waals surface area contributed by atoms with Gasteiger partial charge in [0.15, 0.2) is 5.65 Å². The van der Waals surface area contributed by atoms with E-state index in [1.165, 1.54) is 10.9 Å². The number of aryl methyl sites for hydroxylation is 1. The van der Waals surface area contributed by atoms with Crippen LogP contribution < -0.4 is 5.56 Å². The normalized spacial score (nSPS) is 11.9. The minimum Gasteiger partial charge on any atom is -0.343 e. The van der Waals surface area contributed by atoms with E-state index in [9.17, 15) is 9.59 Å². The van der Waals surface area contributed by atoms with Crippen molar-refractivity contribution >= 4 is 16.9 Å². The van der Waals surface area contributed by atoms with Crippen molar-refractivity contribution in [3.05, 3.63) is 22.9 Å². The molecule has 0 N–H and O–H groups in total. The number of nitrogens with zero attached hydrogens (tertiary/aromatic N) is 5. The topological polar surface area (TPSA) is 73.0 Å². The van der Waals surface area contributed by atoms with E-state index < -0.39 is 0 Å². The number of carbonyl (C=O) groups is 1. The van der Waals surface area contributed by atoms with E-state index in [4.69, 9.17) is 0 Å². The van der Waals surface area contributed by atoms with Crippen molar-refractivity contribution in [1.29, 1.82) is 0 Å². The number of amides is 1. The average Bonchev–Trinajstić information content (AvgIpc) is 2.99. The van der Waals surface area contributed by atoms with E-state index in [1.807, 2.05) is 25.7 Å². The zero-order valence-electron chi connectivity index (χ0n) is 15.9. The quantitative estimate of drug-likeness (QED) is 0.771. The molecule has 25 heavy (non-hydrogen) atoms. The molecule has 7 nitrogen and oxygen atoms in total. The van der Waals surface area contributed by atoms with Gasteiger partial charge in [-0.15, -0.1) is 0 Å². The van der Waals surface area contributed by atoms with Crippen molar-refractivity contribution in [2.75, 3.05) is 13.1 Å². The minimum absolute atomic E-state index is 0.0843. The maximum Gasteiger partial charge on any atom is 0.264 e. The van der Waals surface area contributed by atoms with Crippen LogP contribution in [-0.2, 0) is 16.9 Å². The van der Waals surface area contributed by atoms with Gasteiger partial charge in [0.05, 0.1) is 18.1 Å². The maximum atomic E-state index is 12.6. The molecule has 2 rings (SSSR count). The molecule has 1 amide bonds. The Hall–Kier alpha value is -2.18. The van der Waals surface area contributed by atoms with E-state index in [2.05, 4.69) is 23.9 Å². The molecule has 0 unspecified atom stereocenters. The first-order valence-corrected chi connectivity index (χ1v) is 9.01. The Balaban J connectivity index is 2.18. The van der Waals surface area contributed by atoms with Crippen LogP contribution in [0.25, 0.3) is 11.0 Å². The summed E-state index contributed by atoms with van der Waals surface area (Å²) >= 11 is 0. The van der Waals surface area contributed by atoms with Crippen LogP contribution >= 0.6 is 0 Å². The molecule has 0 saturated carbocycles. The largest absolute Gasteiger partial charge is 0.343 e. The first-order valence-electron chi connectivity index (χ1n) is 9.01.